The van der Waals surface area contributed by atoms with Crippen LogP contribution < -0.4 is 21.5 Å². The maximum Gasteiger partial charge on any atom is 0.316 e. The van der Waals surface area contributed by atoms with Crippen LogP contribution >= 0.6 is 12.2 Å². The first-order chi connectivity index (χ1) is 7.08. The van der Waals surface area contributed by atoms with Crippen molar-refractivity contribution in [2.24, 2.45) is 11.5 Å². The number of anilines is 1. The number of primary amides is 1. The zero-order valence-electron chi connectivity index (χ0n) is 7.90. The van der Waals surface area contributed by atoms with Crippen LogP contribution in [-0.2, 0) is 0 Å². The van der Waals surface area contributed by atoms with Gasteiger partial charge in [0.05, 0.1) is 0 Å². The standard InChI is InChI=1S/C9H11N3O2S/c10-8(15)5-14-7-3-1-2-6(4-7)12-9(11)13/h1-4H,5H2,(H2,10,15)(H3,11,12,13). The largest absolute Gasteiger partial charge is 0.486 e. The maximum absolute atomic E-state index is 10.6. The Morgan fingerprint density at radius 2 is 2.20 bits per heavy atom. The Morgan fingerprint density at radius 1 is 1.47 bits per heavy atom. The molecule has 0 heterocycles. The quantitative estimate of drug-likeness (QED) is 0.662. The van der Waals surface area contributed by atoms with Gasteiger partial charge in [-0.2, -0.15) is 0 Å². The highest BCUT2D eigenvalue weighted by Crippen LogP contribution is 2.16. The van der Waals surface area contributed by atoms with Crippen molar-refractivity contribution < 1.29 is 9.53 Å². The third kappa shape index (κ3) is 4.28. The number of hydrogen-bond donors (Lipinski definition) is 3. The SMILES string of the molecule is NC(=O)Nc1cccc(OCC(N)=S)c1. The van der Waals surface area contributed by atoms with Crippen LogP contribution in [0.1, 0.15) is 0 Å². The summed E-state index contributed by atoms with van der Waals surface area (Å²) in [5.41, 5.74) is 10.8. The number of ether oxygens (including phenoxy) is 1. The van der Waals surface area contributed by atoms with E-state index in [-0.39, 0.29) is 11.6 Å². The van der Waals surface area contributed by atoms with Gasteiger partial charge >= 0.3 is 6.03 Å². The van der Waals surface area contributed by atoms with Crippen LogP contribution in [0.2, 0.25) is 0 Å². The van der Waals surface area contributed by atoms with Crippen LogP contribution in [0.25, 0.3) is 0 Å². The average Bonchev–Trinajstić information content (AvgIpc) is 2.14. The minimum atomic E-state index is -0.624. The van der Waals surface area contributed by atoms with Gasteiger partial charge in [0.2, 0.25) is 0 Å². The molecule has 5 nitrogen and oxygen atoms in total. The molecule has 0 atom stereocenters. The van der Waals surface area contributed by atoms with Crippen LogP contribution in [-0.4, -0.2) is 17.6 Å². The number of hydrogen-bond acceptors (Lipinski definition) is 3. The average molecular weight is 225 g/mol. The second-order valence-electron chi connectivity index (χ2n) is 2.77. The van der Waals surface area contributed by atoms with Gasteiger partial charge in [-0.25, -0.2) is 4.79 Å². The van der Waals surface area contributed by atoms with Gasteiger partial charge in [0.1, 0.15) is 17.3 Å². The number of benzene rings is 1. The Hall–Kier alpha value is -1.82. The van der Waals surface area contributed by atoms with Crippen LogP contribution in [0, 0.1) is 0 Å². The minimum absolute atomic E-state index is 0.162. The summed E-state index contributed by atoms with van der Waals surface area (Å²) in [5, 5.41) is 2.43. The fraction of sp³-hybridized carbons (Fsp3) is 0.111. The number of rotatable bonds is 4. The van der Waals surface area contributed by atoms with Gasteiger partial charge in [-0.05, 0) is 12.1 Å². The first-order valence-corrected chi connectivity index (χ1v) is 4.56. The Morgan fingerprint density at radius 3 is 2.80 bits per heavy atom. The second kappa shape index (κ2) is 5.16. The van der Waals surface area contributed by atoms with E-state index in [1.54, 1.807) is 24.3 Å². The first kappa shape index (κ1) is 11.3. The number of nitrogens with two attached hydrogens (primary N) is 2. The van der Waals surface area contributed by atoms with Crippen molar-refractivity contribution in [3.63, 3.8) is 0 Å². The van der Waals surface area contributed by atoms with E-state index in [2.05, 4.69) is 17.5 Å². The molecule has 0 spiro atoms. The normalized spacial score (nSPS) is 9.33. The summed E-state index contributed by atoms with van der Waals surface area (Å²) in [6, 6.07) is 6.15. The molecule has 0 aliphatic heterocycles. The summed E-state index contributed by atoms with van der Waals surface area (Å²) in [4.78, 5) is 10.8. The van der Waals surface area contributed by atoms with Crippen LogP contribution in [0.3, 0.4) is 0 Å². The van der Waals surface area contributed by atoms with Gasteiger partial charge in [-0.1, -0.05) is 18.3 Å². The smallest absolute Gasteiger partial charge is 0.316 e. The van der Waals surface area contributed by atoms with Crippen molar-refractivity contribution in [2.45, 2.75) is 0 Å². The van der Waals surface area contributed by atoms with Crippen molar-refractivity contribution in [2.75, 3.05) is 11.9 Å². The molecule has 1 aromatic rings. The van der Waals surface area contributed by atoms with Crippen LogP contribution in [0.15, 0.2) is 24.3 Å². The lowest BCUT2D eigenvalue weighted by atomic mass is 10.3. The number of nitrogens with one attached hydrogen (secondary N) is 1. The minimum Gasteiger partial charge on any atom is -0.486 e. The van der Waals surface area contributed by atoms with E-state index < -0.39 is 6.03 Å². The monoisotopic (exact) mass is 225 g/mol. The van der Waals surface area contributed by atoms with Crippen molar-refractivity contribution >= 4 is 28.9 Å². The van der Waals surface area contributed by atoms with Crippen molar-refractivity contribution in [3.8, 4) is 5.75 Å². The molecule has 15 heavy (non-hydrogen) atoms. The molecule has 0 aliphatic carbocycles. The number of urea groups is 1. The first-order valence-electron chi connectivity index (χ1n) is 4.15. The number of thiocarbonyl (C=S) groups is 1. The van der Waals surface area contributed by atoms with Crippen molar-refractivity contribution in [1.82, 2.24) is 0 Å². The lowest BCUT2D eigenvalue weighted by Crippen LogP contribution is -2.19. The zero-order chi connectivity index (χ0) is 11.3. The highest BCUT2D eigenvalue weighted by molar-refractivity contribution is 7.80. The van der Waals surface area contributed by atoms with Gasteiger partial charge in [0, 0.05) is 11.8 Å². The molecule has 2 amide bonds. The lowest BCUT2D eigenvalue weighted by molar-refractivity contribution is 0.259. The summed E-state index contributed by atoms with van der Waals surface area (Å²) in [6.45, 7) is 0.162. The van der Waals surface area contributed by atoms with E-state index in [9.17, 15) is 4.79 Å². The molecular weight excluding hydrogens is 214 g/mol. The predicted octanol–water partition coefficient (Wildman–Crippen LogP) is 0.842. The predicted molar refractivity (Wildman–Crippen MR) is 61.9 cm³/mol. The number of carbonyl (C=O) groups excluding carboxylic acids is 1. The van der Waals surface area contributed by atoms with E-state index in [1.165, 1.54) is 0 Å². The van der Waals surface area contributed by atoms with Gasteiger partial charge in [0.15, 0.2) is 0 Å². The molecule has 6 heteroatoms. The molecule has 1 rings (SSSR count). The van der Waals surface area contributed by atoms with E-state index in [0.29, 0.717) is 11.4 Å². The fourth-order valence-corrected chi connectivity index (χ4v) is 1.02. The lowest BCUT2D eigenvalue weighted by Gasteiger charge is -2.06. The molecule has 0 bridgehead atoms. The summed E-state index contributed by atoms with van der Waals surface area (Å²) in [7, 11) is 0. The molecule has 0 saturated carbocycles. The van der Waals surface area contributed by atoms with Gasteiger partial charge in [-0.3, -0.25) is 0 Å². The van der Waals surface area contributed by atoms with E-state index in [0.717, 1.165) is 0 Å². The molecule has 0 aromatic heterocycles. The molecule has 0 fully saturated rings. The van der Waals surface area contributed by atoms with Crippen LogP contribution in [0.4, 0.5) is 10.5 Å². The topological polar surface area (TPSA) is 90.4 Å². The summed E-state index contributed by atoms with van der Waals surface area (Å²) in [5.74, 6) is 0.564. The summed E-state index contributed by atoms with van der Waals surface area (Å²) < 4.78 is 5.23. The molecule has 0 unspecified atom stereocenters. The number of carbonyl (C=O) groups is 1. The van der Waals surface area contributed by atoms with E-state index >= 15 is 0 Å². The molecule has 0 saturated heterocycles. The van der Waals surface area contributed by atoms with Gasteiger partial charge in [-0.15, -0.1) is 0 Å². The Balaban J connectivity index is 2.65. The van der Waals surface area contributed by atoms with E-state index in [1.807, 2.05) is 0 Å². The highest BCUT2D eigenvalue weighted by Gasteiger charge is 1.99. The molecule has 80 valence electrons. The molecule has 5 N–H and O–H groups in total. The third-order valence-electron chi connectivity index (χ3n) is 1.48. The van der Waals surface area contributed by atoms with Crippen molar-refractivity contribution in [3.05, 3.63) is 24.3 Å². The zero-order valence-corrected chi connectivity index (χ0v) is 8.71. The van der Waals surface area contributed by atoms with E-state index in [4.69, 9.17) is 16.2 Å². The molecule has 1 aromatic carbocycles. The Labute approximate surface area is 92.4 Å². The van der Waals surface area contributed by atoms with Gasteiger partial charge < -0.3 is 21.5 Å². The van der Waals surface area contributed by atoms with Crippen molar-refractivity contribution in [1.29, 1.82) is 0 Å². The molecule has 0 aliphatic rings. The molecular formula is C9H11N3O2S. The number of amides is 2. The Bertz CT molecular complexity index is 381. The fourth-order valence-electron chi connectivity index (χ4n) is 0.960. The summed E-state index contributed by atoms with van der Waals surface area (Å²) >= 11 is 4.66. The second-order valence-corrected chi connectivity index (χ2v) is 3.30. The third-order valence-corrected chi connectivity index (χ3v) is 1.60. The Kier molecular flexibility index (Phi) is 3.87. The van der Waals surface area contributed by atoms with Crippen LogP contribution in [0.5, 0.6) is 5.75 Å². The van der Waals surface area contributed by atoms with Gasteiger partial charge in [0.25, 0.3) is 0 Å². The summed E-state index contributed by atoms with van der Waals surface area (Å²) in [6.07, 6.45) is 0. The highest BCUT2D eigenvalue weighted by atomic mass is 32.1. The molecule has 0 radical (unpaired) electrons. The maximum atomic E-state index is 10.6.